The van der Waals surface area contributed by atoms with Crippen molar-refractivity contribution in [2.75, 3.05) is 0 Å². The van der Waals surface area contributed by atoms with Gasteiger partial charge in [0.2, 0.25) is 0 Å². The van der Waals surface area contributed by atoms with Crippen LogP contribution in [0, 0.1) is 24.1 Å². The van der Waals surface area contributed by atoms with Gasteiger partial charge >= 0.3 is 0 Å². The van der Waals surface area contributed by atoms with Gasteiger partial charge in [0.15, 0.2) is 11.6 Å². The van der Waals surface area contributed by atoms with Gasteiger partial charge in [0, 0.05) is 4.47 Å². The van der Waals surface area contributed by atoms with E-state index in [4.69, 9.17) is 10.00 Å². The van der Waals surface area contributed by atoms with E-state index >= 15 is 0 Å². The second-order valence-corrected chi connectivity index (χ2v) is 4.60. The molecule has 0 heterocycles. The summed E-state index contributed by atoms with van der Waals surface area (Å²) in [7, 11) is 0. The number of rotatable bonds is 2. The van der Waals surface area contributed by atoms with Gasteiger partial charge in [-0.15, -0.1) is 0 Å². The van der Waals surface area contributed by atoms with Gasteiger partial charge in [0.25, 0.3) is 0 Å². The maximum absolute atomic E-state index is 13.5. The average molecular weight is 306 g/mol. The monoisotopic (exact) mass is 305 g/mol. The Bertz CT molecular complexity index is 634. The van der Waals surface area contributed by atoms with Crippen molar-refractivity contribution in [1.29, 1.82) is 5.26 Å². The van der Waals surface area contributed by atoms with E-state index in [1.807, 2.05) is 6.92 Å². The molecule has 4 heteroatoms. The molecule has 0 atom stereocenters. The predicted molar refractivity (Wildman–Crippen MR) is 70.1 cm³/mol. The second-order valence-electron chi connectivity index (χ2n) is 3.74. The summed E-state index contributed by atoms with van der Waals surface area (Å²) >= 11 is 3.28. The number of halogens is 2. The normalized spacial score (nSPS) is 9.89. The molecule has 0 saturated carbocycles. The molecule has 0 aromatic heterocycles. The molecule has 0 spiro atoms. The minimum Gasteiger partial charge on any atom is -0.454 e. The lowest BCUT2D eigenvalue weighted by atomic mass is 10.1. The third-order valence-corrected chi connectivity index (χ3v) is 3.10. The maximum atomic E-state index is 13.5. The van der Waals surface area contributed by atoms with Gasteiger partial charge in [-0.3, -0.25) is 0 Å². The zero-order valence-electron chi connectivity index (χ0n) is 9.58. The first kappa shape index (κ1) is 12.6. The van der Waals surface area contributed by atoms with Crippen molar-refractivity contribution in [1.82, 2.24) is 0 Å². The topological polar surface area (TPSA) is 33.0 Å². The van der Waals surface area contributed by atoms with Crippen LogP contribution in [0.1, 0.15) is 11.1 Å². The van der Waals surface area contributed by atoms with Crippen molar-refractivity contribution in [3.05, 3.63) is 57.8 Å². The lowest BCUT2D eigenvalue weighted by molar-refractivity contribution is 0.439. The predicted octanol–water partition coefficient (Wildman–Crippen LogP) is 4.56. The summed E-state index contributed by atoms with van der Waals surface area (Å²) in [6.07, 6.45) is 0. The number of nitriles is 1. The third kappa shape index (κ3) is 2.52. The first-order valence-electron chi connectivity index (χ1n) is 5.24. The van der Waals surface area contributed by atoms with Crippen LogP contribution < -0.4 is 4.74 Å². The Morgan fingerprint density at radius 3 is 2.61 bits per heavy atom. The van der Waals surface area contributed by atoms with Crippen molar-refractivity contribution in [2.45, 2.75) is 6.92 Å². The Balaban J connectivity index is 2.39. The van der Waals surface area contributed by atoms with E-state index in [0.29, 0.717) is 15.8 Å². The van der Waals surface area contributed by atoms with Gasteiger partial charge in [-0.05, 0) is 52.7 Å². The van der Waals surface area contributed by atoms with Crippen LogP contribution in [0.15, 0.2) is 40.9 Å². The number of para-hydroxylation sites is 1. The van der Waals surface area contributed by atoms with Crippen molar-refractivity contribution < 1.29 is 9.13 Å². The lowest BCUT2D eigenvalue weighted by Gasteiger charge is -2.10. The molecule has 0 unspecified atom stereocenters. The second kappa shape index (κ2) is 5.19. The van der Waals surface area contributed by atoms with E-state index in [9.17, 15) is 4.39 Å². The molecule has 2 nitrogen and oxygen atoms in total. The molecule has 18 heavy (non-hydrogen) atoms. The molecule has 0 bridgehead atoms. The van der Waals surface area contributed by atoms with Gasteiger partial charge in [-0.1, -0.05) is 12.1 Å². The fraction of sp³-hybridized carbons (Fsp3) is 0.0714. The largest absolute Gasteiger partial charge is 0.454 e. The van der Waals surface area contributed by atoms with Crippen LogP contribution >= 0.6 is 15.9 Å². The average Bonchev–Trinajstić information content (AvgIpc) is 2.36. The minimum atomic E-state index is -0.419. The highest BCUT2D eigenvalue weighted by molar-refractivity contribution is 9.10. The van der Waals surface area contributed by atoms with E-state index < -0.39 is 5.82 Å². The first-order chi connectivity index (χ1) is 8.61. The molecule has 2 aromatic rings. The number of hydrogen-bond acceptors (Lipinski definition) is 2. The molecular weight excluding hydrogens is 297 g/mol. The van der Waals surface area contributed by atoms with Crippen LogP contribution in [0.5, 0.6) is 11.5 Å². The van der Waals surface area contributed by atoms with E-state index in [-0.39, 0.29) is 5.75 Å². The van der Waals surface area contributed by atoms with Gasteiger partial charge in [-0.2, -0.15) is 5.26 Å². The zero-order valence-corrected chi connectivity index (χ0v) is 11.2. The molecule has 0 aliphatic heterocycles. The van der Waals surface area contributed by atoms with Crippen LogP contribution in [0.25, 0.3) is 0 Å². The summed E-state index contributed by atoms with van der Waals surface area (Å²) in [4.78, 5) is 0. The first-order valence-corrected chi connectivity index (χ1v) is 6.03. The van der Waals surface area contributed by atoms with E-state index in [0.717, 1.165) is 5.56 Å². The highest BCUT2D eigenvalue weighted by atomic mass is 79.9. The number of aryl methyl sites for hydroxylation is 1. The fourth-order valence-electron chi connectivity index (χ4n) is 1.50. The van der Waals surface area contributed by atoms with Crippen LogP contribution in [0.3, 0.4) is 0 Å². The molecule has 2 aromatic carbocycles. The van der Waals surface area contributed by atoms with Crippen molar-refractivity contribution in [3.8, 4) is 17.6 Å². The number of hydrogen-bond donors (Lipinski definition) is 0. The van der Waals surface area contributed by atoms with Crippen LogP contribution in [0.4, 0.5) is 4.39 Å². The Morgan fingerprint density at radius 1 is 1.22 bits per heavy atom. The van der Waals surface area contributed by atoms with Crippen molar-refractivity contribution >= 4 is 15.9 Å². The molecule has 0 aliphatic rings. The quantitative estimate of drug-likeness (QED) is 0.815. The molecule has 0 amide bonds. The van der Waals surface area contributed by atoms with Crippen molar-refractivity contribution in [2.24, 2.45) is 0 Å². The maximum Gasteiger partial charge on any atom is 0.165 e. The van der Waals surface area contributed by atoms with Gasteiger partial charge in [0.05, 0.1) is 5.56 Å². The summed E-state index contributed by atoms with van der Waals surface area (Å²) < 4.78 is 19.6. The van der Waals surface area contributed by atoms with E-state index in [1.165, 1.54) is 6.07 Å². The molecule has 0 fully saturated rings. The Morgan fingerprint density at radius 2 is 1.94 bits per heavy atom. The molecule has 0 aliphatic carbocycles. The lowest BCUT2D eigenvalue weighted by Crippen LogP contribution is -1.92. The van der Waals surface area contributed by atoms with Crippen LogP contribution in [0.2, 0.25) is 0 Å². The van der Waals surface area contributed by atoms with Gasteiger partial charge in [-0.25, -0.2) is 4.39 Å². The van der Waals surface area contributed by atoms with E-state index in [1.54, 1.807) is 30.3 Å². The summed E-state index contributed by atoms with van der Waals surface area (Å²) in [5, 5.41) is 8.89. The van der Waals surface area contributed by atoms with Gasteiger partial charge in [0.1, 0.15) is 11.8 Å². The molecular formula is C14H9BrFNO. The Kier molecular flexibility index (Phi) is 3.63. The fourth-order valence-corrected chi connectivity index (χ4v) is 1.92. The SMILES string of the molecule is Cc1cc(C#N)c(Br)cc1Oc1ccccc1F. The number of ether oxygens (including phenoxy) is 1. The molecule has 0 radical (unpaired) electrons. The van der Waals surface area contributed by atoms with Crippen molar-refractivity contribution in [3.63, 3.8) is 0 Å². The standard InChI is InChI=1S/C14H9BrFNO/c1-9-6-10(8-17)11(15)7-14(9)18-13-5-3-2-4-12(13)16/h2-7H,1H3. The molecule has 90 valence electrons. The molecule has 0 N–H and O–H groups in total. The van der Waals surface area contributed by atoms with Crippen LogP contribution in [-0.4, -0.2) is 0 Å². The van der Waals surface area contributed by atoms with E-state index in [2.05, 4.69) is 22.0 Å². The number of nitrogens with zero attached hydrogens (tertiary/aromatic N) is 1. The minimum absolute atomic E-state index is 0.164. The zero-order chi connectivity index (χ0) is 13.1. The third-order valence-electron chi connectivity index (χ3n) is 2.44. The summed E-state index contributed by atoms with van der Waals surface area (Å²) in [5.41, 5.74) is 1.30. The Hall–Kier alpha value is -1.86. The molecule has 0 saturated heterocycles. The Labute approximate surface area is 113 Å². The summed E-state index contributed by atoms with van der Waals surface area (Å²) in [6, 6.07) is 11.6. The smallest absolute Gasteiger partial charge is 0.165 e. The van der Waals surface area contributed by atoms with Crippen LogP contribution in [-0.2, 0) is 0 Å². The van der Waals surface area contributed by atoms with Gasteiger partial charge < -0.3 is 4.74 Å². The number of benzene rings is 2. The molecule has 2 rings (SSSR count). The summed E-state index contributed by atoms with van der Waals surface area (Å²) in [6.45, 7) is 1.81. The highest BCUT2D eigenvalue weighted by Gasteiger charge is 2.09. The summed E-state index contributed by atoms with van der Waals surface area (Å²) in [5.74, 6) is 0.264. The highest BCUT2D eigenvalue weighted by Crippen LogP contribution is 2.31.